The van der Waals surface area contributed by atoms with E-state index in [2.05, 4.69) is 5.32 Å². The molecule has 2 amide bonds. The predicted octanol–water partition coefficient (Wildman–Crippen LogP) is 1.26. The first-order valence-electron chi connectivity index (χ1n) is 8.81. The van der Waals surface area contributed by atoms with Crippen LogP contribution in [0.1, 0.15) is 15.9 Å². The maximum Gasteiger partial charge on any atom is 0.335 e. The molecule has 1 atom stereocenters. The van der Waals surface area contributed by atoms with Gasteiger partial charge in [-0.15, -0.1) is 0 Å². The third kappa shape index (κ3) is 4.73. The number of carbonyl (C=O) groups is 3. The number of ether oxygens (including phenoxy) is 1. The van der Waals surface area contributed by atoms with Gasteiger partial charge in [0.1, 0.15) is 6.61 Å². The molecule has 0 radical (unpaired) electrons. The van der Waals surface area contributed by atoms with Crippen molar-refractivity contribution in [2.45, 2.75) is 12.5 Å². The second-order valence-electron chi connectivity index (χ2n) is 6.45. The zero-order valence-corrected chi connectivity index (χ0v) is 15.1. The van der Waals surface area contributed by atoms with Gasteiger partial charge in [0.15, 0.2) is 0 Å². The first-order valence-corrected chi connectivity index (χ1v) is 8.81. The quantitative estimate of drug-likeness (QED) is 0.690. The molecule has 28 heavy (non-hydrogen) atoms. The first kappa shape index (κ1) is 19.5. The van der Waals surface area contributed by atoms with Crippen molar-refractivity contribution in [3.05, 3.63) is 59.7 Å². The number of aromatic carboxylic acids is 1. The summed E-state index contributed by atoms with van der Waals surface area (Å²) in [7, 11) is 0. The number of amides is 2. The smallest absolute Gasteiger partial charge is 0.335 e. The summed E-state index contributed by atoms with van der Waals surface area (Å²) < 4.78 is 5.12. The number of nitrogens with two attached hydrogens (primary N) is 1. The Kier molecular flexibility index (Phi) is 6.03. The van der Waals surface area contributed by atoms with Crippen LogP contribution >= 0.6 is 0 Å². The van der Waals surface area contributed by atoms with Crippen molar-refractivity contribution in [3.63, 3.8) is 0 Å². The SMILES string of the molecule is NC(Cc1ccc(N2CCOCC2=O)cc1)C(=O)Nc1ccc(C(=O)O)cc1. The minimum Gasteiger partial charge on any atom is -0.478 e. The van der Waals surface area contributed by atoms with Crippen LogP contribution in [-0.4, -0.2) is 48.7 Å². The minimum atomic E-state index is -1.03. The summed E-state index contributed by atoms with van der Waals surface area (Å²) in [5, 5.41) is 11.6. The molecule has 2 aromatic carbocycles. The second kappa shape index (κ2) is 8.64. The lowest BCUT2D eigenvalue weighted by Gasteiger charge is -2.27. The molecule has 1 heterocycles. The highest BCUT2D eigenvalue weighted by Crippen LogP contribution is 2.18. The van der Waals surface area contributed by atoms with Crippen LogP contribution in [0, 0.1) is 0 Å². The van der Waals surface area contributed by atoms with E-state index in [0.29, 0.717) is 25.3 Å². The fourth-order valence-corrected chi connectivity index (χ4v) is 2.88. The topological polar surface area (TPSA) is 122 Å². The molecule has 2 aromatic rings. The molecule has 0 aliphatic carbocycles. The fraction of sp³-hybridized carbons (Fsp3) is 0.250. The number of carbonyl (C=O) groups excluding carboxylic acids is 2. The summed E-state index contributed by atoms with van der Waals surface area (Å²) in [4.78, 5) is 36.7. The molecule has 1 unspecified atom stereocenters. The van der Waals surface area contributed by atoms with E-state index in [9.17, 15) is 14.4 Å². The number of morpholine rings is 1. The highest BCUT2D eigenvalue weighted by atomic mass is 16.5. The lowest BCUT2D eigenvalue weighted by atomic mass is 10.0. The van der Waals surface area contributed by atoms with Crippen LogP contribution < -0.4 is 16.0 Å². The average Bonchev–Trinajstić information content (AvgIpc) is 2.69. The summed E-state index contributed by atoms with van der Waals surface area (Å²) >= 11 is 0. The van der Waals surface area contributed by atoms with E-state index in [1.165, 1.54) is 24.3 Å². The van der Waals surface area contributed by atoms with Gasteiger partial charge in [-0.1, -0.05) is 12.1 Å². The lowest BCUT2D eigenvalue weighted by Crippen LogP contribution is -2.41. The minimum absolute atomic E-state index is 0.0796. The summed E-state index contributed by atoms with van der Waals surface area (Å²) in [5.41, 5.74) is 8.26. The van der Waals surface area contributed by atoms with E-state index in [1.807, 2.05) is 24.3 Å². The largest absolute Gasteiger partial charge is 0.478 e. The Morgan fingerprint density at radius 1 is 1.14 bits per heavy atom. The Bertz CT molecular complexity index is 864. The van der Waals surface area contributed by atoms with Gasteiger partial charge >= 0.3 is 5.97 Å². The van der Waals surface area contributed by atoms with Gasteiger partial charge in [0, 0.05) is 17.9 Å². The number of benzene rings is 2. The van der Waals surface area contributed by atoms with Gasteiger partial charge in [0.05, 0.1) is 18.2 Å². The van der Waals surface area contributed by atoms with Gasteiger partial charge in [-0.25, -0.2) is 4.79 Å². The van der Waals surface area contributed by atoms with Crippen LogP contribution in [0.2, 0.25) is 0 Å². The molecule has 0 spiro atoms. The number of nitrogens with one attached hydrogen (secondary N) is 1. The molecule has 1 saturated heterocycles. The predicted molar refractivity (Wildman–Crippen MR) is 103 cm³/mol. The Labute approximate surface area is 161 Å². The second-order valence-corrected chi connectivity index (χ2v) is 6.45. The summed E-state index contributed by atoms with van der Waals surface area (Å²) in [6.07, 6.45) is 0.330. The molecule has 1 fully saturated rings. The normalized spacial score (nSPS) is 15.2. The van der Waals surface area contributed by atoms with Gasteiger partial charge in [-0.2, -0.15) is 0 Å². The Morgan fingerprint density at radius 3 is 2.43 bits per heavy atom. The Hall–Kier alpha value is -3.23. The molecule has 8 heteroatoms. The van der Waals surface area contributed by atoms with Crippen molar-refractivity contribution in [1.29, 1.82) is 0 Å². The van der Waals surface area contributed by atoms with Gasteiger partial charge in [-0.3, -0.25) is 9.59 Å². The van der Waals surface area contributed by atoms with Crippen molar-refractivity contribution in [2.75, 3.05) is 30.0 Å². The summed E-state index contributed by atoms with van der Waals surface area (Å²) in [5.74, 6) is -1.48. The zero-order chi connectivity index (χ0) is 20.1. The molecular weight excluding hydrogens is 362 g/mol. The summed E-state index contributed by atoms with van der Waals surface area (Å²) in [6.45, 7) is 1.10. The number of rotatable bonds is 6. The van der Waals surface area contributed by atoms with Crippen LogP contribution in [-0.2, 0) is 20.7 Å². The first-order chi connectivity index (χ1) is 13.4. The number of anilines is 2. The van der Waals surface area contributed by atoms with Crippen molar-refractivity contribution in [2.24, 2.45) is 5.73 Å². The Morgan fingerprint density at radius 2 is 1.82 bits per heavy atom. The van der Waals surface area contributed by atoms with Crippen LogP contribution in [0.3, 0.4) is 0 Å². The Balaban J connectivity index is 1.57. The van der Waals surface area contributed by atoms with E-state index < -0.39 is 12.0 Å². The van der Waals surface area contributed by atoms with E-state index in [-0.39, 0.29) is 24.0 Å². The molecule has 1 aliphatic heterocycles. The third-order valence-corrected chi connectivity index (χ3v) is 4.43. The van der Waals surface area contributed by atoms with Gasteiger partial charge < -0.3 is 25.8 Å². The average molecular weight is 383 g/mol. The molecule has 146 valence electrons. The van der Waals surface area contributed by atoms with Gasteiger partial charge in [0.2, 0.25) is 5.91 Å². The molecule has 0 saturated carbocycles. The number of hydrogen-bond donors (Lipinski definition) is 3. The third-order valence-electron chi connectivity index (χ3n) is 4.43. The van der Waals surface area contributed by atoms with E-state index >= 15 is 0 Å². The van der Waals surface area contributed by atoms with Gasteiger partial charge in [0.25, 0.3) is 5.91 Å². The standard InChI is InChI=1S/C20H21N3O5/c21-17(19(25)22-15-5-3-14(4-6-15)20(26)27)11-13-1-7-16(8-2-13)23-9-10-28-12-18(23)24/h1-8,17H,9-12,21H2,(H,22,25)(H,26,27). The molecule has 0 bridgehead atoms. The van der Waals surface area contributed by atoms with Gasteiger partial charge in [-0.05, 0) is 48.4 Å². The zero-order valence-electron chi connectivity index (χ0n) is 15.1. The number of carboxylic acids is 1. The monoisotopic (exact) mass is 383 g/mol. The van der Waals surface area contributed by atoms with Crippen molar-refractivity contribution < 1.29 is 24.2 Å². The molecular formula is C20H21N3O5. The molecule has 8 nitrogen and oxygen atoms in total. The molecule has 0 aromatic heterocycles. The van der Waals surface area contributed by atoms with E-state index in [4.69, 9.17) is 15.6 Å². The highest BCUT2D eigenvalue weighted by molar-refractivity contribution is 5.96. The number of nitrogens with zero attached hydrogens (tertiary/aromatic N) is 1. The molecule has 4 N–H and O–H groups in total. The van der Waals surface area contributed by atoms with Crippen molar-refractivity contribution in [1.82, 2.24) is 0 Å². The fourth-order valence-electron chi connectivity index (χ4n) is 2.88. The van der Waals surface area contributed by atoms with E-state index in [0.717, 1.165) is 11.3 Å². The highest BCUT2D eigenvalue weighted by Gasteiger charge is 2.20. The van der Waals surface area contributed by atoms with Crippen LogP contribution in [0.25, 0.3) is 0 Å². The number of carboxylic acid groups (broad SMARTS) is 1. The van der Waals surface area contributed by atoms with Crippen LogP contribution in [0.4, 0.5) is 11.4 Å². The maximum absolute atomic E-state index is 12.3. The van der Waals surface area contributed by atoms with Crippen molar-refractivity contribution in [3.8, 4) is 0 Å². The van der Waals surface area contributed by atoms with E-state index in [1.54, 1.807) is 4.90 Å². The summed E-state index contributed by atoms with van der Waals surface area (Å²) in [6, 6.07) is 12.4. The molecule has 3 rings (SSSR count). The molecule has 1 aliphatic rings. The van der Waals surface area contributed by atoms with Crippen LogP contribution in [0.5, 0.6) is 0 Å². The number of hydrogen-bond acceptors (Lipinski definition) is 5. The van der Waals surface area contributed by atoms with Crippen molar-refractivity contribution >= 4 is 29.2 Å². The lowest BCUT2D eigenvalue weighted by molar-refractivity contribution is -0.125. The van der Waals surface area contributed by atoms with Crippen LogP contribution in [0.15, 0.2) is 48.5 Å². The maximum atomic E-state index is 12.3.